The highest BCUT2D eigenvalue weighted by atomic mass is 79.9. The van der Waals surface area contributed by atoms with Crippen LogP contribution in [0.3, 0.4) is 0 Å². The average molecular weight is 306 g/mol. The summed E-state index contributed by atoms with van der Waals surface area (Å²) in [6.07, 6.45) is 4.54. The molecule has 3 nitrogen and oxygen atoms in total. The number of halogens is 1. The summed E-state index contributed by atoms with van der Waals surface area (Å²) in [5.41, 5.74) is 8.96. The summed E-state index contributed by atoms with van der Waals surface area (Å²) in [4.78, 5) is 6.81. The van der Waals surface area contributed by atoms with Crippen LogP contribution < -0.4 is 10.6 Å². The van der Waals surface area contributed by atoms with Gasteiger partial charge in [0.25, 0.3) is 0 Å². The predicted octanol–water partition coefficient (Wildman–Crippen LogP) is 3.43. The molecular weight excluding hydrogens is 290 g/mol. The third-order valence-corrected chi connectivity index (χ3v) is 3.90. The van der Waals surface area contributed by atoms with Crippen LogP contribution in [0, 0.1) is 5.92 Å². The van der Waals surface area contributed by atoms with Crippen molar-refractivity contribution in [2.75, 3.05) is 24.2 Å². The minimum absolute atomic E-state index is 0.780. The highest BCUT2D eigenvalue weighted by Gasteiger charge is 2.23. The van der Waals surface area contributed by atoms with E-state index in [1.54, 1.807) is 0 Å². The van der Waals surface area contributed by atoms with Crippen LogP contribution >= 0.6 is 15.9 Å². The van der Waals surface area contributed by atoms with E-state index in [-0.39, 0.29) is 0 Å². The number of pyridine rings is 1. The number of nitrogen functional groups attached to an aromatic ring is 1. The lowest BCUT2D eigenvalue weighted by molar-refractivity contribution is 0.789. The Morgan fingerprint density at radius 1 is 1.44 bits per heavy atom. The topological polar surface area (TPSA) is 42.1 Å². The number of anilines is 2. The van der Waals surface area contributed by atoms with Gasteiger partial charge < -0.3 is 10.6 Å². The molecule has 1 heterocycles. The van der Waals surface area contributed by atoms with E-state index < -0.39 is 0 Å². The maximum Gasteiger partial charge on any atom is 0.0956 e. The largest absolute Gasteiger partial charge is 0.398 e. The lowest BCUT2D eigenvalue weighted by atomic mass is 10.1. The number of benzene rings is 1. The van der Waals surface area contributed by atoms with Crippen molar-refractivity contribution >= 4 is 38.2 Å². The highest BCUT2D eigenvalue weighted by molar-refractivity contribution is 9.10. The summed E-state index contributed by atoms with van der Waals surface area (Å²) < 4.78 is 0.962. The molecule has 0 saturated heterocycles. The van der Waals surface area contributed by atoms with Crippen LogP contribution in [0.2, 0.25) is 0 Å². The lowest BCUT2D eigenvalue weighted by Crippen LogP contribution is -2.20. The number of hydrogen-bond donors (Lipinski definition) is 1. The van der Waals surface area contributed by atoms with Crippen LogP contribution in [-0.4, -0.2) is 18.6 Å². The minimum atomic E-state index is 0.780. The van der Waals surface area contributed by atoms with Crippen molar-refractivity contribution in [2.45, 2.75) is 12.8 Å². The molecule has 1 aliphatic carbocycles. The first-order chi connectivity index (χ1) is 8.65. The molecule has 1 aromatic carbocycles. The molecule has 1 saturated carbocycles. The maximum absolute atomic E-state index is 6.03. The molecule has 4 heteroatoms. The quantitative estimate of drug-likeness (QED) is 0.884. The van der Waals surface area contributed by atoms with E-state index in [2.05, 4.69) is 38.9 Å². The van der Waals surface area contributed by atoms with Gasteiger partial charge in [-0.15, -0.1) is 0 Å². The van der Waals surface area contributed by atoms with Gasteiger partial charge >= 0.3 is 0 Å². The van der Waals surface area contributed by atoms with Gasteiger partial charge in [0.05, 0.1) is 11.2 Å². The highest BCUT2D eigenvalue weighted by Crippen LogP contribution is 2.34. The zero-order valence-corrected chi connectivity index (χ0v) is 11.9. The smallest absolute Gasteiger partial charge is 0.0956 e. The van der Waals surface area contributed by atoms with Crippen molar-refractivity contribution in [3.63, 3.8) is 0 Å². The van der Waals surface area contributed by atoms with Gasteiger partial charge in [0.15, 0.2) is 0 Å². The molecule has 94 valence electrons. The van der Waals surface area contributed by atoms with E-state index in [1.807, 2.05) is 18.3 Å². The second-order valence-electron chi connectivity index (χ2n) is 5.05. The van der Waals surface area contributed by atoms with E-state index in [4.69, 9.17) is 5.73 Å². The molecule has 0 aliphatic heterocycles. The maximum atomic E-state index is 6.03. The molecule has 2 aromatic rings. The normalized spacial score (nSPS) is 15.0. The van der Waals surface area contributed by atoms with E-state index in [0.29, 0.717) is 0 Å². The molecule has 0 atom stereocenters. The molecule has 0 spiro atoms. The van der Waals surface area contributed by atoms with E-state index in [0.717, 1.165) is 33.5 Å². The van der Waals surface area contributed by atoms with Crippen molar-refractivity contribution in [1.29, 1.82) is 0 Å². The van der Waals surface area contributed by atoms with Gasteiger partial charge in [0.1, 0.15) is 0 Å². The molecule has 3 rings (SSSR count). The fourth-order valence-corrected chi connectivity index (χ4v) is 2.63. The summed E-state index contributed by atoms with van der Waals surface area (Å²) in [5.74, 6) is 0.859. The Labute approximate surface area is 115 Å². The van der Waals surface area contributed by atoms with E-state index >= 15 is 0 Å². The predicted molar refractivity (Wildman–Crippen MR) is 79.8 cm³/mol. The second kappa shape index (κ2) is 4.43. The van der Waals surface area contributed by atoms with Crippen molar-refractivity contribution in [3.05, 3.63) is 28.9 Å². The lowest BCUT2D eigenvalue weighted by Gasteiger charge is -2.21. The molecular formula is C14H16BrN3. The minimum Gasteiger partial charge on any atom is -0.398 e. The number of aromatic nitrogens is 1. The van der Waals surface area contributed by atoms with Crippen LogP contribution in [0.1, 0.15) is 12.8 Å². The number of rotatable bonds is 3. The molecule has 1 aromatic heterocycles. The van der Waals surface area contributed by atoms with Gasteiger partial charge in [-0.3, -0.25) is 4.98 Å². The average Bonchev–Trinajstić information content (AvgIpc) is 3.14. The number of hydrogen-bond acceptors (Lipinski definition) is 3. The Bertz CT molecular complexity index is 593. The number of nitrogens with two attached hydrogens (primary N) is 1. The summed E-state index contributed by atoms with van der Waals surface area (Å²) in [7, 11) is 2.13. The Balaban J connectivity index is 2.08. The molecule has 0 unspecified atom stereocenters. The third kappa shape index (κ3) is 2.17. The van der Waals surface area contributed by atoms with E-state index in [1.165, 1.54) is 18.5 Å². The first kappa shape index (κ1) is 11.8. The summed E-state index contributed by atoms with van der Waals surface area (Å²) >= 11 is 3.45. The van der Waals surface area contributed by atoms with Crippen LogP contribution in [0.15, 0.2) is 28.9 Å². The first-order valence-electron chi connectivity index (χ1n) is 6.20. The molecule has 0 bridgehead atoms. The van der Waals surface area contributed by atoms with Gasteiger partial charge in [0.2, 0.25) is 0 Å². The van der Waals surface area contributed by atoms with Gasteiger partial charge in [-0.1, -0.05) is 0 Å². The molecule has 0 radical (unpaired) electrons. The van der Waals surface area contributed by atoms with Crippen molar-refractivity contribution < 1.29 is 0 Å². The summed E-state index contributed by atoms with van der Waals surface area (Å²) in [6, 6.07) is 6.07. The summed E-state index contributed by atoms with van der Waals surface area (Å²) in [6.45, 7) is 1.11. The Morgan fingerprint density at radius 2 is 2.22 bits per heavy atom. The summed E-state index contributed by atoms with van der Waals surface area (Å²) in [5, 5.41) is 1.02. The standard InChI is InChI=1S/C14H16BrN3/c1-18(8-9-2-3-9)13-5-4-12(16)11-6-10(15)7-17-14(11)13/h4-7,9H,2-3,8,16H2,1H3. The van der Waals surface area contributed by atoms with Crippen LogP contribution in [-0.2, 0) is 0 Å². The fourth-order valence-electron chi connectivity index (χ4n) is 2.29. The molecule has 1 aliphatic rings. The number of nitrogens with zero attached hydrogens (tertiary/aromatic N) is 2. The monoisotopic (exact) mass is 305 g/mol. The zero-order valence-electron chi connectivity index (χ0n) is 10.4. The molecule has 0 amide bonds. The molecule has 2 N–H and O–H groups in total. The second-order valence-corrected chi connectivity index (χ2v) is 5.96. The third-order valence-electron chi connectivity index (χ3n) is 3.47. The first-order valence-corrected chi connectivity index (χ1v) is 6.99. The molecule has 18 heavy (non-hydrogen) atoms. The number of fused-ring (bicyclic) bond motifs is 1. The Hall–Kier alpha value is -1.29. The van der Waals surface area contributed by atoms with Crippen molar-refractivity contribution in [3.8, 4) is 0 Å². The van der Waals surface area contributed by atoms with Gasteiger partial charge in [-0.05, 0) is 52.9 Å². The van der Waals surface area contributed by atoms with Crippen LogP contribution in [0.5, 0.6) is 0 Å². The Kier molecular flexibility index (Phi) is 2.90. The van der Waals surface area contributed by atoms with Gasteiger partial charge in [0, 0.05) is 35.3 Å². The Morgan fingerprint density at radius 3 is 2.94 bits per heavy atom. The van der Waals surface area contributed by atoms with Crippen molar-refractivity contribution in [1.82, 2.24) is 4.98 Å². The van der Waals surface area contributed by atoms with Gasteiger partial charge in [-0.2, -0.15) is 0 Å². The van der Waals surface area contributed by atoms with Crippen LogP contribution in [0.25, 0.3) is 10.9 Å². The molecule has 1 fully saturated rings. The van der Waals surface area contributed by atoms with Crippen molar-refractivity contribution in [2.24, 2.45) is 5.92 Å². The fraction of sp³-hybridized carbons (Fsp3) is 0.357. The van der Waals surface area contributed by atoms with Crippen LogP contribution in [0.4, 0.5) is 11.4 Å². The zero-order chi connectivity index (χ0) is 12.7. The SMILES string of the molecule is CN(CC1CC1)c1ccc(N)c2cc(Br)cnc12. The van der Waals surface area contributed by atoms with E-state index in [9.17, 15) is 0 Å². The van der Waals surface area contributed by atoms with Gasteiger partial charge in [-0.25, -0.2) is 0 Å².